The zero-order valence-corrected chi connectivity index (χ0v) is 28.3. The van der Waals surface area contributed by atoms with Crippen molar-refractivity contribution in [2.24, 2.45) is 0 Å². The number of phenolic OH excluding ortho intramolecular Hbond substituents is 1. The van der Waals surface area contributed by atoms with Gasteiger partial charge in [0, 0.05) is 5.56 Å². The number of hydrogen-bond acceptors (Lipinski definition) is 2. The second kappa shape index (κ2) is 12.1. The number of carbonyl (C=O) groups excluding carboxylic acids is 1. The second-order valence-corrected chi connectivity index (χ2v) is 13.8. The Kier molecular flexibility index (Phi) is 7.53. The first kappa shape index (κ1) is 30.6. The highest BCUT2D eigenvalue weighted by molar-refractivity contribution is 6.28. The van der Waals surface area contributed by atoms with Crippen LogP contribution >= 0.6 is 0 Å². The molecule has 1 aliphatic rings. The fourth-order valence-corrected chi connectivity index (χ4v) is 7.72. The quantitative estimate of drug-likeness (QED) is 0.140. The van der Waals surface area contributed by atoms with Crippen molar-refractivity contribution in [2.75, 3.05) is 0 Å². The minimum atomic E-state index is 0.146. The molecule has 0 saturated carbocycles. The first-order chi connectivity index (χ1) is 23.9. The van der Waals surface area contributed by atoms with Crippen LogP contribution in [0.5, 0.6) is 5.75 Å². The summed E-state index contributed by atoms with van der Waals surface area (Å²) in [5, 5.41) is 15.4. The maximum absolute atomic E-state index is 11.1. The highest BCUT2D eigenvalue weighted by Crippen LogP contribution is 2.58. The maximum atomic E-state index is 11.1. The van der Waals surface area contributed by atoms with Crippen LogP contribution in [-0.4, -0.2) is 11.4 Å². The van der Waals surface area contributed by atoms with Gasteiger partial charge < -0.3 is 5.11 Å². The van der Waals surface area contributed by atoms with Crippen molar-refractivity contribution in [3.8, 4) is 61.4 Å². The molecule has 1 aliphatic carbocycles. The molecule has 0 bridgehead atoms. The van der Waals surface area contributed by atoms with Crippen LogP contribution in [-0.2, 0) is 4.79 Å². The van der Waals surface area contributed by atoms with Gasteiger partial charge in [0.05, 0.1) is 0 Å². The Bertz CT molecular complexity index is 2340. The normalized spacial score (nSPS) is 12.1. The summed E-state index contributed by atoms with van der Waals surface area (Å²) in [5.41, 5.74) is 15.3. The van der Waals surface area contributed by atoms with Crippen LogP contribution in [0.25, 0.3) is 83.3 Å². The topological polar surface area (TPSA) is 37.3 Å². The lowest BCUT2D eigenvalue weighted by atomic mass is 9.82. The van der Waals surface area contributed by atoms with E-state index in [1.54, 1.807) is 12.1 Å². The Hall–Kier alpha value is -5.73. The van der Waals surface area contributed by atoms with Gasteiger partial charge in [-0.05, 0) is 124 Å². The molecule has 0 spiro atoms. The molecule has 0 amide bonds. The zero-order chi connectivity index (χ0) is 33.8. The van der Waals surface area contributed by atoms with E-state index in [1.165, 1.54) is 77.9 Å². The molecule has 238 valence electrons. The highest BCUT2D eigenvalue weighted by Gasteiger charge is 2.31. The number of aldehydes is 1. The summed E-state index contributed by atoms with van der Waals surface area (Å²) in [5.74, 6) is 1.06. The molecule has 1 N–H and O–H groups in total. The molecule has 0 aliphatic heterocycles. The van der Waals surface area contributed by atoms with Crippen molar-refractivity contribution in [2.45, 2.75) is 39.5 Å². The number of phenols is 1. The predicted octanol–water partition coefficient (Wildman–Crippen LogP) is 12.8. The third kappa shape index (κ3) is 4.98. The predicted molar refractivity (Wildman–Crippen MR) is 207 cm³/mol. The molecular formula is C47H38O2. The van der Waals surface area contributed by atoms with E-state index in [0.29, 0.717) is 17.4 Å². The summed E-state index contributed by atoms with van der Waals surface area (Å²) in [6.45, 7) is 8.97. The molecule has 8 rings (SSSR count). The van der Waals surface area contributed by atoms with E-state index in [-0.39, 0.29) is 5.75 Å². The second-order valence-electron chi connectivity index (χ2n) is 13.8. The van der Waals surface area contributed by atoms with Crippen molar-refractivity contribution in [3.63, 3.8) is 0 Å². The first-order valence-corrected chi connectivity index (χ1v) is 17.2. The number of fused-ring (bicyclic) bond motifs is 4. The molecule has 2 heteroatoms. The van der Waals surface area contributed by atoms with Crippen LogP contribution < -0.4 is 0 Å². The lowest BCUT2D eigenvalue weighted by Gasteiger charge is -2.21. The Labute approximate surface area is 288 Å². The minimum absolute atomic E-state index is 0.146. The Morgan fingerprint density at radius 2 is 1.02 bits per heavy atom. The van der Waals surface area contributed by atoms with Crippen molar-refractivity contribution in [3.05, 3.63) is 144 Å². The van der Waals surface area contributed by atoms with Crippen molar-refractivity contribution >= 4 is 33.9 Å². The third-order valence-electron chi connectivity index (χ3n) is 10.2. The molecule has 0 fully saturated rings. The van der Waals surface area contributed by atoms with Crippen molar-refractivity contribution < 1.29 is 9.90 Å². The Morgan fingerprint density at radius 1 is 0.510 bits per heavy atom. The molecule has 0 atom stereocenters. The van der Waals surface area contributed by atoms with E-state index >= 15 is 0 Å². The number of benzene rings is 7. The van der Waals surface area contributed by atoms with E-state index in [9.17, 15) is 9.90 Å². The van der Waals surface area contributed by atoms with Crippen LogP contribution in [0.4, 0.5) is 0 Å². The highest BCUT2D eigenvalue weighted by atomic mass is 16.3. The van der Waals surface area contributed by atoms with E-state index in [1.807, 2.05) is 12.1 Å². The van der Waals surface area contributed by atoms with Gasteiger partial charge in [-0.15, -0.1) is 0 Å². The van der Waals surface area contributed by atoms with E-state index in [4.69, 9.17) is 0 Å². The number of carbonyl (C=O) groups is 1. The van der Waals surface area contributed by atoms with Gasteiger partial charge in [-0.1, -0.05) is 137 Å². The average molecular weight is 635 g/mol. The lowest BCUT2D eigenvalue weighted by molar-refractivity contribution is -0.104. The average Bonchev–Trinajstić information content (AvgIpc) is 3.45. The first-order valence-electron chi connectivity index (χ1n) is 17.2. The summed E-state index contributed by atoms with van der Waals surface area (Å²) in [7, 11) is 0. The Balaban J connectivity index is 1.47. The molecular weight excluding hydrogens is 597 g/mol. The SMILES string of the molecule is CC(C)c1ccc(-c2c3c(c(-c4ccc(C(C)C)cc4)c4ccccc24)-c2ccc(-c4ccc(O)c(/C=C\C=O)c4)c4cccc-3c24)cc1. The number of allylic oxidation sites excluding steroid dienone is 1. The summed E-state index contributed by atoms with van der Waals surface area (Å²) < 4.78 is 0. The zero-order valence-electron chi connectivity index (χ0n) is 28.3. The van der Waals surface area contributed by atoms with Crippen LogP contribution in [0.15, 0.2) is 127 Å². The van der Waals surface area contributed by atoms with Crippen LogP contribution in [0.2, 0.25) is 0 Å². The van der Waals surface area contributed by atoms with Crippen LogP contribution in [0, 0.1) is 0 Å². The molecule has 7 aromatic rings. The molecule has 0 unspecified atom stereocenters. The van der Waals surface area contributed by atoms with Gasteiger partial charge in [-0.3, -0.25) is 4.79 Å². The largest absolute Gasteiger partial charge is 0.507 e. The molecule has 0 heterocycles. The fourth-order valence-electron chi connectivity index (χ4n) is 7.72. The van der Waals surface area contributed by atoms with Gasteiger partial charge >= 0.3 is 0 Å². The lowest BCUT2D eigenvalue weighted by Crippen LogP contribution is -1.95. The third-order valence-corrected chi connectivity index (χ3v) is 10.2. The van der Waals surface area contributed by atoms with Gasteiger partial charge in [0.2, 0.25) is 0 Å². The molecule has 7 aromatic carbocycles. The summed E-state index contributed by atoms with van der Waals surface area (Å²) in [4.78, 5) is 11.1. The van der Waals surface area contributed by atoms with Gasteiger partial charge in [-0.2, -0.15) is 0 Å². The van der Waals surface area contributed by atoms with E-state index in [0.717, 1.165) is 22.8 Å². The summed E-state index contributed by atoms with van der Waals surface area (Å²) >= 11 is 0. The monoisotopic (exact) mass is 634 g/mol. The van der Waals surface area contributed by atoms with Gasteiger partial charge in [0.25, 0.3) is 0 Å². The summed E-state index contributed by atoms with van der Waals surface area (Å²) in [6.07, 6.45) is 3.80. The maximum Gasteiger partial charge on any atom is 0.142 e. The van der Waals surface area contributed by atoms with Crippen LogP contribution in [0.1, 0.15) is 56.2 Å². The van der Waals surface area contributed by atoms with E-state index < -0.39 is 0 Å². The molecule has 0 saturated heterocycles. The summed E-state index contributed by atoms with van der Waals surface area (Å²) in [6, 6.07) is 44.0. The minimum Gasteiger partial charge on any atom is -0.507 e. The number of hydrogen-bond donors (Lipinski definition) is 1. The smallest absolute Gasteiger partial charge is 0.142 e. The van der Waals surface area contributed by atoms with Crippen molar-refractivity contribution in [1.82, 2.24) is 0 Å². The van der Waals surface area contributed by atoms with Gasteiger partial charge in [0.15, 0.2) is 0 Å². The standard InChI is InChI=1S/C47H38O2/c1-28(2)30-14-18-32(19-15-30)43-38-10-5-6-11-39(38)44(33-20-16-31(17-21-33)29(3)4)47-41-24-23-36(37-12-7-13-40(45(37)41)46(43)47)34-22-25-42(49)35(27-34)9-8-26-48/h5-29,49H,1-4H3/b9-8-. The molecule has 0 radical (unpaired) electrons. The van der Waals surface area contributed by atoms with Crippen molar-refractivity contribution in [1.29, 1.82) is 0 Å². The molecule has 0 aromatic heterocycles. The molecule has 49 heavy (non-hydrogen) atoms. The number of aromatic hydroxyl groups is 1. The van der Waals surface area contributed by atoms with Gasteiger partial charge in [0.1, 0.15) is 12.0 Å². The van der Waals surface area contributed by atoms with Gasteiger partial charge in [-0.25, -0.2) is 0 Å². The van der Waals surface area contributed by atoms with Crippen LogP contribution in [0.3, 0.4) is 0 Å². The fraction of sp³-hybridized carbons (Fsp3) is 0.128. The van der Waals surface area contributed by atoms with E-state index in [2.05, 4.69) is 131 Å². The molecule has 2 nitrogen and oxygen atoms in total. The Morgan fingerprint density at radius 3 is 1.57 bits per heavy atom. The number of rotatable bonds is 7.